The summed E-state index contributed by atoms with van der Waals surface area (Å²) >= 11 is 19.0. The smallest absolute Gasteiger partial charge is 0.162 e. The van der Waals surface area contributed by atoms with Gasteiger partial charge >= 0.3 is 0 Å². The predicted molar refractivity (Wildman–Crippen MR) is 86.3 cm³/mol. The summed E-state index contributed by atoms with van der Waals surface area (Å²) in [5, 5.41) is 0.812. The van der Waals surface area contributed by atoms with Gasteiger partial charge in [-0.05, 0) is 41.8 Å². The van der Waals surface area contributed by atoms with E-state index in [4.69, 9.17) is 44.3 Å². The molecule has 1 atom stereocenters. The van der Waals surface area contributed by atoms with Crippen LogP contribution < -0.4 is 9.47 Å². The largest absolute Gasteiger partial charge is 0.486 e. The van der Waals surface area contributed by atoms with Gasteiger partial charge in [-0.15, -0.1) is 11.6 Å². The van der Waals surface area contributed by atoms with Crippen LogP contribution in [0.25, 0.3) is 0 Å². The minimum Gasteiger partial charge on any atom is -0.486 e. The highest BCUT2D eigenvalue weighted by Crippen LogP contribution is 2.42. The second-order valence-electron chi connectivity index (χ2n) is 4.94. The first-order chi connectivity index (χ1) is 10.0. The average Bonchev–Trinajstić information content (AvgIpc) is 2.44. The lowest BCUT2D eigenvalue weighted by atomic mass is 10.0. The lowest BCUT2D eigenvalue weighted by Crippen LogP contribution is -2.15. The molecule has 0 bridgehead atoms. The van der Waals surface area contributed by atoms with E-state index < -0.39 is 5.38 Å². The zero-order valence-corrected chi connectivity index (χ0v) is 13.6. The number of hydrogen-bond donors (Lipinski definition) is 0. The average molecular weight is 344 g/mol. The third-order valence-corrected chi connectivity index (χ3v) is 4.32. The fourth-order valence-electron chi connectivity index (χ4n) is 2.36. The van der Waals surface area contributed by atoms with Crippen molar-refractivity contribution in [2.45, 2.75) is 12.3 Å². The van der Waals surface area contributed by atoms with E-state index in [9.17, 15) is 0 Å². The van der Waals surface area contributed by atoms with Crippen molar-refractivity contribution in [1.29, 1.82) is 0 Å². The quantitative estimate of drug-likeness (QED) is 0.680. The Morgan fingerprint density at radius 1 is 0.952 bits per heavy atom. The molecular formula is C16H13Cl3O2. The Kier molecular flexibility index (Phi) is 4.21. The van der Waals surface area contributed by atoms with Crippen LogP contribution in [0.15, 0.2) is 30.3 Å². The number of alkyl halides is 1. The van der Waals surface area contributed by atoms with E-state index in [0.29, 0.717) is 34.8 Å². The van der Waals surface area contributed by atoms with Crippen molar-refractivity contribution in [3.63, 3.8) is 0 Å². The standard InChI is InChI=1S/C16H13Cl3O2/c1-9-4-10(6-11(17)5-9)16(19)12-7-14-15(8-13(12)18)21-3-2-20-14/h4-8,16H,2-3H2,1H3. The van der Waals surface area contributed by atoms with Crippen LogP contribution in [0.1, 0.15) is 22.1 Å². The van der Waals surface area contributed by atoms with Gasteiger partial charge in [0.1, 0.15) is 13.2 Å². The summed E-state index contributed by atoms with van der Waals surface area (Å²) in [4.78, 5) is 0. The zero-order valence-electron chi connectivity index (χ0n) is 11.3. The number of hydrogen-bond acceptors (Lipinski definition) is 2. The molecule has 5 heteroatoms. The molecule has 2 aromatic carbocycles. The molecule has 0 saturated carbocycles. The third-order valence-electron chi connectivity index (χ3n) is 3.29. The highest BCUT2D eigenvalue weighted by Gasteiger charge is 2.21. The van der Waals surface area contributed by atoms with E-state index in [0.717, 1.165) is 16.7 Å². The van der Waals surface area contributed by atoms with Crippen molar-refractivity contribution in [3.8, 4) is 11.5 Å². The maximum Gasteiger partial charge on any atom is 0.162 e. The van der Waals surface area contributed by atoms with Crippen LogP contribution in [0.3, 0.4) is 0 Å². The molecule has 110 valence electrons. The Morgan fingerprint density at radius 3 is 2.29 bits per heavy atom. The molecule has 21 heavy (non-hydrogen) atoms. The molecule has 2 aromatic rings. The van der Waals surface area contributed by atoms with Gasteiger partial charge in [-0.2, -0.15) is 0 Å². The fraction of sp³-hybridized carbons (Fsp3) is 0.250. The van der Waals surface area contributed by atoms with Gasteiger partial charge in [0.2, 0.25) is 0 Å². The van der Waals surface area contributed by atoms with Crippen molar-refractivity contribution in [2.24, 2.45) is 0 Å². The lowest BCUT2D eigenvalue weighted by Gasteiger charge is -2.21. The van der Waals surface area contributed by atoms with Crippen molar-refractivity contribution < 1.29 is 9.47 Å². The summed E-state index contributed by atoms with van der Waals surface area (Å²) < 4.78 is 11.1. The van der Waals surface area contributed by atoms with Gasteiger partial charge in [0.05, 0.1) is 5.38 Å². The second kappa shape index (κ2) is 5.96. The molecule has 0 spiro atoms. The molecule has 0 saturated heterocycles. The van der Waals surface area contributed by atoms with E-state index >= 15 is 0 Å². The molecule has 0 aliphatic carbocycles. The van der Waals surface area contributed by atoms with Gasteiger partial charge in [-0.25, -0.2) is 0 Å². The van der Waals surface area contributed by atoms with Gasteiger partial charge in [0, 0.05) is 16.1 Å². The minimum absolute atomic E-state index is 0.397. The molecule has 1 aliphatic rings. The molecule has 3 rings (SSSR count). The molecule has 1 heterocycles. The Bertz CT molecular complexity index is 665. The van der Waals surface area contributed by atoms with Gasteiger partial charge < -0.3 is 9.47 Å². The lowest BCUT2D eigenvalue weighted by molar-refractivity contribution is 0.171. The number of ether oxygens (including phenoxy) is 2. The van der Waals surface area contributed by atoms with Gasteiger partial charge in [0.15, 0.2) is 11.5 Å². The van der Waals surface area contributed by atoms with Crippen LogP contribution >= 0.6 is 34.8 Å². The normalized spacial score (nSPS) is 14.9. The monoisotopic (exact) mass is 342 g/mol. The number of aryl methyl sites for hydroxylation is 1. The van der Waals surface area contributed by atoms with Crippen molar-refractivity contribution >= 4 is 34.8 Å². The van der Waals surface area contributed by atoms with Crippen molar-refractivity contribution in [3.05, 3.63) is 57.1 Å². The zero-order chi connectivity index (χ0) is 15.0. The first-order valence-corrected chi connectivity index (χ1v) is 7.74. The van der Waals surface area contributed by atoms with Crippen LogP contribution in [0.5, 0.6) is 11.5 Å². The topological polar surface area (TPSA) is 18.5 Å². The Morgan fingerprint density at radius 2 is 1.62 bits per heavy atom. The fourth-order valence-corrected chi connectivity index (χ4v) is 3.29. The molecule has 0 fully saturated rings. The van der Waals surface area contributed by atoms with E-state index in [1.54, 1.807) is 6.07 Å². The van der Waals surface area contributed by atoms with Gasteiger partial charge in [-0.3, -0.25) is 0 Å². The Hall–Kier alpha value is -1.09. The van der Waals surface area contributed by atoms with Crippen molar-refractivity contribution in [2.75, 3.05) is 13.2 Å². The number of benzene rings is 2. The SMILES string of the molecule is Cc1cc(Cl)cc(C(Cl)c2cc3c(cc2Cl)OCCO3)c1. The number of halogens is 3. The summed E-state index contributed by atoms with van der Waals surface area (Å²) in [6.45, 7) is 3.03. The molecule has 0 N–H and O–H groups in total. The molecular weight excluding hydrogens is 331 g/mol. The van der Waals surface area contributed by atoms with E-state index in [1.165, 1.54) is 0 Å². The molecule has 0 aromatic heterocycles. The molecule has 0 radical (unpaired) electrons. The maximum atomic E-state index is 6.58. The maximum absolute atomic E-state index is 6.58. The molecule has 1 aliphatic heterocycles. The molecule has 2 nitrogen and oxygen atoms in total. The molecule has 1 unspecified atom stereocenters. The first kappa shape index (κ1) is 14.8. The van der Waals surface area contributed by atoms with E-state index in [2.05, 4.69) is 0 Å². The Labute approximate surface area is 138 Å². The van der Waals surface area contributed by atoms with Crippen LogP contribution in [-0.4, -0.2) is 13.2 Å². The van der Waals surface area contributed by atoms with E-state index in [1.807, 2.05) is 31.2 Å². The van der Waals surface area contributed by atoms with Crippen LogP contribution in [0, 0.1) is 6.92 Å². The van der Waals surface area contributed by atoms with Crippen LogP contribution in [0.2, 0.25) is 10.0 Å². The first-order valence-electron chi connectivity index (χ1n) is 6.55. The van der Waals surface area contributed by atoms with Crippen LogP contribution in [0.4, 0.5) is 0 Å². The summed E-state index contributed by atoms with van der Waals surface area (Å²) in [7, 11) is 0. The van der Waals surface area contributed by atoms with Crippen LogP contribution in [-0.2, 0) is 0 Å². The summed E-state index contributed by atoms with van der Waals surface area (Å²) in [6.07, 6.45) is 0. The second-order valence-corrected chi connectivity index (χ2v) is 6.22. The highest BCUT2D eigenvalue weighted by atomic mass is 35.5. The predicted octanol–water partition coefficient (Wildman–Crippen LogP) is 5.40. The van der Waals surface area contributed by atoms with Gasteiger partial charge in [-0.1, -0.05) is 29.3 Å². The summed E-state index contributed by atoms with van der Waals surface area (Å²) in [5.41, 5.74) is 2.74. The molecule has 0 amide bonds. The van der Waals surface area contributed by atoms with E-state index in [-0.39, 0.29) is 0 Å². The Balaban J connectivity index is 2.02. The number of fused-ring (bicyclic) bond motifs is 1. The van der Waals surface area contributed by atoms with Crippen molar-refractivity contribution in [1.82, 2.24) is 0 Å². The highest BCUT2D eigenvalue weighted by molar-refractivity contribution is 6.33. The summed E-state index contributed by atoms with van der Waals surface area (Å²) in [5.74, 6) is 1.33. The minimum atomic E-state index is -0.397. The number of rotatable bonds is 2. The summed E-state index contributed by atoms with van der Waals surface area (Å²) in [6, 6.07) is 9.32. The third kappa shape index (κ3) is 3.08. The van der Waals surface area contributed by atoms with Gasteiger partial charge in [0.25, 0.3) is 0 Å².